The van der Waals surface area contributed by atoms with Gasteiger partial charge in [0, 0.05) is 17.8 Å². The van der Waals surface area contributed by atoms with Crippen LogP contribution in [0.2, 0.25) is 4.34 Å². The Bertz CT molecular complexity index is 1060. The fourth-order valence-electron chi connectivity index (χ4n) is 2.66. The van der Waals surface area contributed by atoms with Crippen molar-refractivity contribution < 1.29 is 13.2 Å². The Kier molecular flexibility index (Phi) is 6.16. The first-order valence-electron chi connectivity index (χ1n) is 8.38. The predicted octanol–water partition coefficient (Wildman–Crippen LogP) is 4.10. The summed E-state index contributed by atoms with van der Waals surface area (Å²) in [5, 5.41) is 4.66. The molecule has 1 amide bonds. The topological polar surface area (TPSA) is 75.3 Å². The molecule has 3 aromatic rings. The number of carbonyl (C=O) groups is 1. The molecule has 0 radical (unpaired) electrons. The predicted molar refractivity (Wildman–Crippen MR) is 110 cm³/mol. The summed E-state index contributed by atoms with van der Waals surface area (Å²) in [6.45, 7) is 1.89. The molecule has 0 aliphatic carbocycles. The summed E-state index contributed by atoms with van der Waals surface area (Å²) in [4.78, 5) is 13.2. The Morgan fingerprint density at radius 2 is 1.85 bits per heavy atom. The minimum Gasteiger partial charge on any atom is -0.349 e. The van der Waals surface area contributed by atoms with E-state index in [1.165, 1.54) is 11.3 Å². The Morgan fingerprint density at radius 1 is 1.11 bits per heavy atom. The van der Waals surface area contributed by atoms with Crippen molar-refractivity contribution in [1.82, 2.24) is 10.0 Å². The Morgan fingerprint density at radius 3 is 2.56 bits per heavy atom. The summed E-state index contributed by atoms with van der Waals surface area (Å²) in [6, 6.07) is 16.0. The number of carbonyl (C=O) groups excluding carboxylic acids is 1. The van der Waals surface area contributed by atoms with Gasteiger partial charge in [-0.05, 0) is 42.0 Å². The van der Waals surface area contributed by atoms with Gasteiger partial charge in [0.05, 0.1) is 15.3 Å². The largest absolute Gasteiger partial charge is 0.349 e. The normalized spacial score (nSPS) is 12.8. The van der Waals surface area contributed by atoms with Gasteiger partial charge in [-0.2, -0.15) is 0 Å². The lowest BCUT2D eigenvalue weighted by Crippen LogP contribution is -2.31. The first-order valence-corrected chi connectivity index (χ1v) is 11.1. The molecule has 0 aliphatic rings. The molecule has 0 aliphatic heterocycles. The second-order valence-corrected chi connectivity index (χ2v) is 9.60. The number of sulfonamides is 1. The standard InChI is InChI=1S/C19H19ClN2O3S2/c1-13(17-8-9-18(20)26-17)22-19(23)10-11-21-27(24,25)16-7-6-14-4-2-3-5-15(14)12-16/h2-9,12-13,21H,10-11H2,1H3,(H,22,23). The van der Waals surface area contributed by atoms with Crippen LogP contribution in [0.4, 0.5) is 0 Å². The number of fused-ring (bicyclic) bond motifs is 1. The molecule has 3 rings (SSSR count). The van der Waals surface area contributed by atoms with Gasteiger partial charge in [0.15, 0.2) is 0 Å². The highest BCUT2D eigenvalue weighted by Gasteiger charge is 2.16. The SMILES string of the molecule is CC(NC(=O)CCNS(=O)(=O)c1ccc2ccccc2c1)c1ccc(Cl)s1. The monoisotopic (exact) mass is 422 g/mol. The smallest absolute Gasteiger partial charge is 0.240 e. The molecule has 8 heteroatoms. The maximum atomic E-state index is 12.4. The van der Waals surface area contributed by atoms with Gasteiger partial charge in [-0.25, -0.2) is 13.1 Å². The van der Waals surface area contributed by atoms with Crippen molar-refractivity contribution >= 4 is 49.6 Å². The van der Waals surface area contributed by atoms with E-state index in [4.69, 9.17) is 11.6 Å². The Labute approximate surface area is 167 Å². The van der Waals surface area contributed by atoms with Crippen molar-refractivity contribution in [3.63, 3.8) is 0 Å². The lowest BCUT2D eigenvalue weighted by molar-refractivity contribution is -0.121. The van der Waals surface area contributed by atoms with Crippen LogP contribution in [-0.4, -0.2) is 20.9 Å². The van der Waals surface area contributed by atoms with E-state index >= 15 is 0 Å². The number of amides is 1. The maximum absolute atomic E-state index is 12.4. The number of nitrogens with one attached hydrogen (secondary N) is 2. The summed E-state index contributed by atoms with van der Waals surface area (Å²) in [5.41, 5.74) is 0. The highest BCUT2D eigenvalue weighted by Crippen LogP contribution is 2.26. The summed E-state index contributed by atoms with van der Waals surface area (Å²) in [5.74, 6) is -0.228. The van der Waals surface area contributed by atoms with E-state index in [0.29, 0.717) is 4.34 Å². The summed E-state index contributed by atoms with van der Waals surface area (Å²) in [7, 11) is -3.67. The third-order valence-electron chi connectivity index (χ3n) is 4.07. The molecular formula is C19H19ClN2O3S2. The fraction of sp³-hybridized carbons (Fsp3) is 0.211. The van der Waals surface area contributed by atoms with Gasteiger partial charge >= 0.3 is 0 Å². The molecule has 5 nitrogen and oxygen atoms in total. The number of hydrogen-bond acceptors (Lipinski definition) is 4. The Hall–Kier alpha value is -1.93. The molecule has 1 heterocycles. The van der Waals surface area contributed by atoms with Crippen LogP contribution < -0.4 is 10.0 Å². The van der Waals surface area contributed by atoms with Gasteiger partial charge in [-0.15, -0.1) is 11.3 Å². The minimum atomic E-state index is -3.67. The highest BCUT2D eigenvalue weighted by atomic mass is 35.5. The van der Waals surface area contributed by atoms with Crippen LogP contribution in [0.15, 0.2) is 59.5 Å². The highest BCUT2D eigenvalue weighted by molar-refractivity contribution is 7.89. The van der Waals surface area contributed by atoms with E-state index in [-0.39, 0.29) is 29.8 Å². The first kappa shape index (κ1) is 19.8. The van der Waals surface area contributed by atoms with Crippen LogP contribution in [0.25, 0.3) is 10.8 Å². The van der Waals surface area contributed by atoms with E-state index in [1.807, 2.05) is 37.3 Å². The van der Waals surface area contributed by atoms with Gasteiger partial charge in [-0.1, -0.05) is 41.9 Å². The van der Waals surface area contributed by atoms with Crippen molar-refractivity contribution in [2.45, 2.75) is 24.3 Å². The van der Waals surface area contributed by atoms with E-state index in [1.54, 1.807) is 24.3 Å². The van der Waals surface area contributed by atoms with E-state index in [2.05, 4.69) is 10.0 Å². The molecule has 2 N–H and O–H groups in total. The molecule has 27 heavy (non-hydrogen) atoms. The number of halogens is 1. The van der Waals surface area contributed by atoms with Crippen LogP contribution in [0.3, 0.4) is 0 Å². The average Bonchev–Trinajstić information content (AvgIpc) is 3.07. The Balaban J connectivity index is 1.55. The molecule has 142 valence electrons. The zero-order chi connectivity index (χ0) is 19.4. The number of rotatable bonds is 7. The molecule has 2 aromatic carbocycles. The minimum absolute atomic E-state index is 0.0267. The lowest BCUT2D eigenvalue weighted by atomic mass is 10.1. The zero-order valence-electron chi connectivity index (χ0n) is 14.6. The average molecular weight is 423 g/mol. The number of benzene rings is 2. The van der Waals surface area contributed by atoms with Crippen molar-refractivity contribution in [2.75, 3.05) is 6.54 Å². The number of thiophene rings is 1. The second-order valence-electron chi connectivity index (χ2n) is 6.09. The molecule has 1 atom stereocenters. The second kappa shape index (κ2) is 8.39. The molecule has 0 saturated heterocycles. The van der Waals surface area contributed by atoms with Gasteiger partial charge < -0.3 is 5.32 Å². The van der Waals surface area contributed by atoms with Crippen LogP contribution in [0, 0.1) is 0 Å². The molecule has 0 spiro atoms. The van der Waals surface area contributed by atoms with Crippen LogP contribution in [0.5, 0.6) is 0 Å². The molecule has 0 fully saturated rings. The molecular weight excluding hydrogens is 404 g/mol. The fourth-order valence-corrected chi connectivity index (χ4v) is 4.79. The van der Waals surface area contributed by atoms with Gasteiger partial charge in [0.25, 0.3) is 0 Å². The van der Waals surface area contributed by atoms with E-state index in [0.717, 1.165) is 15.6 Å². The summed E-state index contributed by atoms with van der Waals surface area (Å²) < 4.78 is 28.0. The van der Waals surface area contributed by atoms with Crippen LogP contribution in [-0.2, 0) is 14.8 Å². The van der Waals surface area contributed by atoms with E-state index in [9.17, 15) is 13.2 Å². The van der Waals surface area contributed by atoms with Gasteiger partial charge in [0.2, 0.25) is 15.9 Å². The molecule has 0 bridgehead atoms. The van der Waals surface area contributed by atoms with Crippen molar-refractivity contribution in [2.24, 2.45) is 0 Å². The molecule has 1 unspecified atom stereocenters. The van der Waals surface area contributed by atoms with Crippen LogP contribution >= 0.6 is 22.9 Å². The summed E-state index contributed by atoms with van der Waals surface area (Å²) in [6.07, 6.45) is 0.0518. The molecule has 0 saturated carbocycles. The van der Waals surface area contributed by atoms with Gasteiger partial charge in [-0.3, -0.25) is 4.79 Å². The first-order chi connectivity index (χ1) is 12.8. The third kappa shape index (κ3) is 5.07. The summed E-state index contributed by atoms with van der Waals surface area (Å²) >= 11 is 7.30. The van der Waals surface area contributed by atoms with Crippen molar-refractivity contribution in [3.05, 3.63) is 63.8 Å². The maximum Gasteiger partial charge on any atom is 0.240 e. The number of hydrogen-bond donors (Lipinski definition) is 2. The van der Waals surface area contributed by atoms with E-state index < -0.39 is 10.0 Å². The molecule has 1 aromatic heterocycles. The van der Waals surface area contributed by atoms with Crippen molar-refractivity contribution in [3.8, 4) is 0 Å². The van der Waals surface area contributed by atoms with Gasteiger partial charge in [0.1, 0.15) is 0 Å². The van der Waals surface area contributed by atoms with Crippen molar-refractivity contribution in [1.29, 1.82) is 0 Å². The zero-order valence-corrected chi connectivity index (χ0v) is 17.0. The quantitative estimate of drug-likeness (QED) is 0.601. The van der Waals surface area contributed by atoms with Crippen LogP contribution in [0.1, 0.15) is 24.3 Å². The third-order valence-corrected chi connectivity index (χ3v) is 6.95. The lowest BCUT2D eigenvalue weighted by Gasteiger charge is -2.12.